The van der Waals surface area contributed by atoms with Crippen molar-refractivity contribution in [2.45, 2.75) is 13.5 Å². The summed E-state index contributed by atoms with van der Waals surface area (Å²) in [4.78, 5) is 18.6. The van der Waals surface area contributed by atoms with Crippen molar-refractivity contribution in [2.75, 3.05) is 6.54 Å². The van der Waals surface area contributed by atoms with Crippen molar-refractivity contribution in [1.82, 2.24) is 14.3 Å². The standard InChI is InChI=1S/C17H17N3O/c1-2-19(12-14-6-4-3-5-7-14)17(21)15-8-9-20-13-18-11-16(20)10-15/h3-11,13H,2,12H2,1H3. The van der Waals surface area contributed by atoms with Crippen LogP contribution in [0.1, 0.15) is 22.8 Å². The number of aromatic nitrogens is 2. The summed E-state index contributed by atoms with van der Waals surface area (Å²) in [7, 11) is 0. The minimum atomic E-state index is 0.0463. The lowest BCUT2D eigenvalue weighted by atomic mass is 10.1. The van der Waals surface area contributed by atoms with Crippen molar-refractivity contribution in [3.63, 3.8) is 0 Å². The minimum Gasteiger partial charge on any atom is -0.335 e. The van der Waals surface area contributed by atoms with Crippen LogP contribution in [0.3, 0.4) is 0 Å². The van der Waals surface area contributed by atoms with Crippen molar-refractivity contribution in [1.29, 1.82) is 0 Å². The number of hydrogen-bond donors (Lipinski definition) is 0. The highest BCUT2D eigenvalue weighted by molar-refractivity contribution is 5.95. The Kier molecular flexibility index (Phi) is 3.69. The van der Waals surface area contributed by atoms with Crippen LogP contribution in [0.25, 0.3) is 5.52 Å². The molecule has 0 spiro atoms. The molecule has 0 bridgehead atoms. The highest BCUT2D eigenvalue weighted by atomic mass is 16.2. The van der Waals surface area contributed by atoms with Crippen LogP contribution in [-0.2, 0) is 6.54 Å². The number of nitrogens with zero attached hydrogens (tertiary/aromatic N) is 3. The van der Waals surface area contributed by atoms with E-state index < -0.39 is 0 Å². The molecule has 0 radical (unpaired) electrons. The third-order valence-corrected chi connectivity index (χ3v) is 3.55. The molecule has 2 aromatic heterocycles. The molecule has 0 saturated carbocycles. The molecule has 1 amide bonds. The lowest BCUT2D eigenvalue weighted by molar-refractivity contribution is 0.0752. The molecule has 21 heavy (non-hydrogen) atoms. The van der Waals surface area contributed by atoms with Crippen LogP contribution in [0.5, 0.6) is 0 Å². The van der Waals surface area contributed by atoms with Gasteiger partial charge >= 0.3 is 0 Å². The summed E-state index contributed by atoms with van der Waals surface area (Å²) >= 11 is 0. The molecule has 1 aromatic carbocycles. The van der Waals surface area contributed by atoms with Gasteiger partial charge < -0.3 is 9.30 Å². The van der Waals surface area contributed by atoms with E-state index in [4.69, 9.17) is 0 Å². The monoisotopic (exact) mass is 279 g/mol. The molecule has 4 heteroatoms. The van der Waals surface area contributed by atoms with E-state index in [1.807, 2.05) is 64.9 Å². The van der Waals surface area contributed by atoms with Crippen LogP contribution >= 0.6 is 0 Å². The Balaban J connectivity index is 1.84. The van der Waals surface area contributed by atoms with Crippen LogP contribution in [0.2, 0.25) is 0 Å². The summed E-state index contributed by atoms with van der Waals surface area (Å²) in [6, 6.07) is 13.8. The molecule has 4 nitrogen and oxygen atoms in total. The highest BCUT2D eigenvalue weighted by Crippen LogP contribution is 2.12. The molecular formula is C17H17N3O. The number of benzene rings is 1. The minimum absolute atomic E-state index is 0.0463. The second-order valence-corrected chi connectivity index (χ2v) is 4.95. The van der Waals surface area contributed by atoms with E-state index in [1.165, 1.54) is 0 Å². The first-order valence-corrected chi connectivity index (χ1v) is 7.03. The van der Waals surface area contributed by atoms with Gasteiger partial charge in [0, 0.05) is 24.8 Å². The van der Waals surface area contributed by atoms with E-state index in [9.17, 15) is 4.79 Å². The number of rotatable bonds is 4. The van der Waals surface area contributed by atoms with E-state index in [2.05, 4.69) is 4.98 Å². The fourth-order valence-corrected chi connectivity index (χ4v) is 2.37. The number of imidazole rings is 1. The highest BCUT2D eigenvalue weighted by Gasteiger charge is 2.15. The molecule has 106 valence electrons. The molecule has 0 fully saturated rings. The first-order valence-electron chi connectivity index (χ1n) is 7.03. The van der Waals surface area contributed by atoms with Crippen LogP contribution in [0.4, 0.5) is 0 Å². The maximum Gasteiger partial charge on any atom is 0.254 e. The second-order valence-electron chi connectivity index (χ2n) is 4.95. The Morgan fingerprint density at radius 1 is 1.24 bits per heavy atom. The fraction of sp³-hybridized carbons (Fsp3) is 0.176. The van der Waals surface area contributed by atoms with Crippen LogP contribution in [0.15, 0.2) is 61.2 Å². The number of pyridine rings is 1. The molecule has 0 aliphatic carbocycles. The molecule has 2 heterocycles. The van der Waals surface area contributed by atoms with Gasteiger partial charge in [-0.1, -0.05) is 30.3 Å². The third-order valence-electron chi connectivity index (χ3n) is 3.55. The van der Waals surface area contributed by atoms with Crippen molar-refractivity contribution in [3.05, 3.63) is 72.3 Å². The summed E-state index contributed by atoms with van der Waals surface area (Å²) in [5.41, 5.74) is 2.76. The summed E-state index contributed by atoms with van der Waals surface area (Å²) in [6.45, 7) is 3.30. The Hall–Kier alpha value is -2.62. The number of fused-ring (bicyclic) bond motifs is 1. The van der Waals surface area contributed by atoms with Crippen molar-refractivity contribution in [3.8, 4) is 0 Å². The van der Waals surface area contributed by atoms with Gasteiger partial charge in [0.05, 0.1) is 18.0 Å². The Bertz CT molecular complexity index is 749. The van der Waals surface area contributed by atoms with Crippen molar-refractivity contribution in [2.24, 2.45) is 0 Å². The zero-order valence-corrected chi connectivity index (χ0v) is 11.9. The Morgan fingerprint density at radius 3 is 2.81 bits per heavy atom. The summed E-state index contributed by atoms with van der Waals surface area (Å²) in [5, 5.41) is 0. The first kappa shape index (κ1) is 13.4. The fourth-order valence-electron chi connectivity index (χ4n) is 2.37. The number of hydrogen-bond acceptors (Lipinski definition) is 2. The normalized spacial score (nSPS) is 10.7. The average Bonchev–Trinajstić information content (AvgIpc) is 3.00. The number of carbonyl (C=O) groups excluding carboxylic acids is 1. The Morgan fingerprint density at radius 2 is 2.05 bits per heavy atom. The zero-order valence-electron chi connectivity index (χ0n) is 11.9. The van der Waals surface area contributed by atoms with Gasteiger partial charge in [0.25, 0.3) is 5.91 Å². The van der Waals surface area contributed by atoms with Gasteiger partial charge in [-0.15, -0.1) is 0 Å². The van der Waals surface area contributed by atoms with Crippen LogP contribution < -0.4 is 0 Å². The van der Waals surface area contributed by atoms with Gasteiger partial charge in [-0.2, -0.15) is 0 Å². The maximum absolute atomic E-state index is 12.6. The smallest absolute Gasteiger partial charge is 0.254 e. The van der Waals surface area contributed by atoms with E-state index in [-0.39, 0.29) is 5.91 Å². The number of amides is 1. The molecule has 3 aromatic rings. The van der Waals surface area contributed by atoms with Gasteiger partial charge in [0.2, 0.25) is 0 Å². The first-order chi connectivity index (χ1) is 10.3. The second kappa shape index (κ2) is 5.79. The van der Waals surface area contributed by atoms with Gasteiger partial charge in [-0.25, -0.2) is 4.98 Å². The van der Waals surface area contributed by atoms with Crippen molar-refractivity contribution < 1.29 is 4.79 Å². The molecular weight excluding hydrogens is 262 g/mol. The van der Waals surface area contributed by atoms with Gasteiger partial charge in [-0.3, -0.25) is 4.79 Å². The molecule has 0 aliphatic rings. The SMILES string of the molecule is CCN(Cc1ccccc1)C(=O)c1ccn2cncc2c1. The third kappa shape index (κ3) is 2.79. The quantitative estimate of drug-likeness (QED) is 0.736. The zero-order chi connectivity index (χ0) is 14.7. The summed E-state index contributed by atoms with van der Waals surface area (Å²) in [6.07, 6.45) is 5.35. The van der Waals surface area contributed by atoms with E-state index in [1.54, 1.807) is 12.5 Å². The predicted octanol–water partition coefficient (Wildman–Crippen LogP) is 3.00. The van der Waals surface area contributed by atoms with E-state index >= 15 is 0 Å². The topological polar surface area (TPSA) is 37.6 Å². The molecule has 0 saturated heterocycles. The van der Waals surface area contributed by atoms with Crippen molar-refractivity contribution >= 4 is 11.4 Å². The molecule has 0 aliphatic heterocycles. The molecule has 0 atom stereocenters. The van der Waals surface area contributed by atoms with Gasteiger partial charge in [-0.05, 0) is 24.6 Å². The van der Waals surface area contributed by atoms with Crippen LogP contribution in [-0.4, -0.2) is 26.7 Å². The maximum atomic E-state index is 12.6. The lowest BCUT2D eigenvalue weighted by Crippen LogP contribution is -2.30. The summed E-state index contributed by atoms with van der Waals surface area (Å²) < 4.78 is 1.89. The van der Waals surface area contributed by atoms with Crippen LogP contribution in [0, 0.1) is 0 Å². The predicted molar refractivity (Wildman–Crippen MR) is 82.0 cm³/mol. The molecule has 0 N–H and O–H groups in total. The lowest BCUT2D eigenvalue weighted by Gasteiger charge is -2.21. The van der Waals surface area contributed by atoms with Gasteiger partial charge in [0.1, 0.15) is 0 Å². The average molecular weight is 279 g/mol. The van der Waals surface area contributed by atoms with E-state index in [0.29, 0.717) is 18.7 Å². The molecule has 3 rings (SSSR count). The largest absolute Gasteiger partial charge is 0.335 e. The Labute approximate surface area is 123 Å². The molecule has 0 unspecified atom stereocenters. The van der Waals surface area contributed by atoms with Gasteiger partial charge in [0.15, 0.2) is 0 Å². The summed E-state index contributed by atoms with van der Waals surface area (Å²) in [5.74, 6) is 0.0463. The number of carbonyl (C=O) groups is 1. The van der Waals surface area contributed by atoms with E-state index in [0.717, 1.165) is 11.1 Å².